The van der Waals surface area contributed by atoms with E-state index >= 15 is 0 Å². The fourth-order valence-corrected chi connectivity index (χ4v) is 2.89. The highest BCUT2D eigenvalue weighted by molar-refractivity contribution is 7.89. The molecule has 0 saturated heterocycles. The third-order valence-electron chi connectivity index (χ3n) is 2.70. The van der Waals surface area contributed by atoms with Crippen molar-refractivity contribution in [3.63, 3.8) is 0 Å². The number of aliphatic hydroxyl groups excluding tert-OH is 1. The first kappa shape index (κ1) is 13.0. The van der Waals surface area contributed by atoms with Crippen LogP contribution in [0.15, 0.2) is 29.4 Å². The van der Waals surface area contributed by atoms with Gasteiger partial charge in [-0.15, -0.1) is 0 Å². The van der Waals surface area contributed by atoms with E-state index in [1.165, 1.54) is 20.4 Å². The van der Waals surface area contributed by atoms with E-state index < -0.39 is 10.0 Å². The summed E-state index contributed by atoms with van der Waals surface area (Å²) in [4.78, 5) is 4.34. The number of fused-ring (bicyclic) bond motifs is 1. The van der Waals surface area contributed by atoms with Gasteiger partial charge in [0.05, 0.1) is 24.0 Å². The van der Waals surface area contributed by atoms with E-state index in [9.17, 15) is 8.42 Å². The Labute approximate surface area is 106 Å². The summed E-state index contributed by atoms with van der Waals surface area (Å²) in [7, 11) is -0.549. The molecule has 2 rings (SSSR count). The fraction of sp³-hybridized carbons (Fsp3) is 0.364. The third-order valence-corrected chi connectivity index (χ3v) is 4.55. The number of hydrogen-bond donors (Lipinski definition) is 1. The lowest BCUT2D eigenvalue weighted by atomic mass is 10.3. The molecule has 1 heterocycles. The van der Waals surface area contributed by atoms with Crippen molar-refractivity contribution in [1.82, 2.24) is 13.9 Å². The Morgan fingerprint density at radius 1 is 1.39 bits per heavy atom. The largest absolute Gasteiger partial charge is 0.395 e. The topological polar surface area (TPSA) is 75.4 Å². The van der Waals surface area contributed by atoms with E-state index in [-0.39, 0.29) is 11.5 Å². The number of para-hydroxylation sites is 1. The molecule has 0 spiro atoms. The number of rotatable bonds is 4. The molecule has 0 aliphatic heterocycles. The number of imidazole rings is 1. The molecule has 98 valence electrons. The van der Waals surface area contributed by atoms with E-state index in [0.29, 0.717) is 17.6 Å². The van der Waals surface area contributed by atoms with Gasteiger partial charge in [-0.1, -0.05) is 6.07 Å². The second-order valence-corrected chi connectivity index (χ2v) is 6.19. The van der Waals surface area contributed by atoms with Crippen LogP contribution < -0.4 is 0 Å². The van der Waals surface area contributed by atoms with Crippen LogP contribution in [0.2, 0.25) is 0 Å². The Morgan fingerprint density at radius 2 is 2.11 bits per heavy atom. The average Bonchev–Trinajstić information content (AvgIpc) is 2.73. The van der Waals surface area contributed by atoms with Gasteiger partial charge in [0.15, 0.2) is 0 Å². The standard InChI is InChI=1S/C11H15N3O3S/c1-13(2)18(16,17)10-5-3-4-9-11(10)14(6-7-15)8-12-9/h3-5,8,15H,6-7H2,1-2H3. The van der Waals surface area contributed by atoms with E-state index in [1.54, 1.807) is 22.8 Å². The molecule has 0 aliphatic rings. The smallest absolute Gasteiger partial charge is 0.244 e. The van der Waals surface area contributed by atoms with Gasteiger partial charge < -0.3 is 9.67 Å². The predicted molar refractivity (Wildman–Crippen MR) is 67.7 cm³/mol. The lowest BCUT2D eigenvalue weighted by Gasteiger charge is -2.13. The summed E-state index contributed by atoms with van der Waals surface area (Å²) >= 11 is 0. The Bertz CT molecular complexity index is 661. The minimum absolute atomic E-state index is 0.0677. The maximum Gasteiger partial charge on any atom is 0.244 e. The van der Waals surface area contributed by atoms with Crippen LogP contribution in [0, 0.1) is 0 Å². The maximum absolute atomic E-state index is 12.2. The fourth-order valence-electron chi connectivity index (χ4n) is 1.78. The first-order valence-electron chi connectivity index (χ1n) is 5.45. The zero-order chi connectivity index (χ0) is 13.3. The molecule has 6 nitrogen and oxygen atoms in total. The van der Waals surface area contributed by atoms with Crippen LogP contribution in [0.3, 0.4) is 0 Å². The zero-order valence-corrected chi connectivity index (χ0v) is 11.1. The molecule has 0 aliphatic carbocycles. The van der Waals surface area contributed by atoms with Gasteiger partial charge in [-0.3, -0.25) is 0 Å². The van der Waals surface area contributed by atoms with Crippen molar-refractivity contribution >= 4 is 21.1 Å². The van der Waals surface area contributed by atoms with Gasteiger partial charge in [0.25, 0.3) is 0 Å². The van der Waals surface area contributed by atoms with Gasteiger partial charge in [-0.2, -0.15) is 0 Å². The van der Waals surface area contributed by atoms with Crippen molar-refractivity contribution in [2.45, 2.75) is 11.4 Å². The van der Waals surface area contributed by atoms with Gasteiger partial charge >= 0.3 is 0 Å². The van der Waals surface area contributed by atoms with Gasteiger partial charge in [-0.25, -0.2) is 17.7 Å². The minimum atomic E-state index is -3.52. The van der Waals surface area contributed by atoms with Crippen LogP contribution in [-0.4, -0.2) is 48.1 Å². The van der Waals surface area contributed by atoms with Crippen LogP contribution in [0.5, 0.6) is 0 Å². The second-order valence-electron chi connectivity index (χ2n) is 4.07. The molecule has 2 aromatic rings. The molecule has 0 unspecified atom stereocenters. The Balaban J connectivity index is 2.75. The van der Waals surface area contributed by atoms with Crippen LogP contribution >= 0.6 is 0 Å². The highest BCUT2D eigenvalue weighted by Crippen LogP contribution is 2.24. The molecule has 0 bridgehead atoms. The van der Waals surface area contributed by atoms with E-state index in [2.05, 4.69) is 4.98 Å². The first-order chi connectivity index (χ1) is 8.48. The van der Waals surface area contributed by atoms with E-state index in [1.807, 2.05) is 0 Å². The summed E-state index contributed by atoms with van der Waals surface area (Å²) in [5.74, 6) is 0. The van der Waals surface area contributed by atoms with Crippen molar-refractivity contribution in [3.8, 4) is 0 Å². The van der Waals surface area contributed by atoms with E-state index in [4.69, 9.17) is 5.11 Å². The van der Waals surface area contributed by atoms with Crippen molar-refractivity contribution in [3.05, 3.63) is 24.5 Å². The summed E-state index contributed by atoms with van der Waals surface area (Å²) in [5, 5.41) is 8.99. The van der Waals surface area contributed by atoms with Gasteiger partial charge in [0.2, 0.25) is 10.0 Å². The Hall–Kier alpha value is -1.44. The van der Waals surface area contributed by atoms with Crippen LogP contribution in [0.25, 0.3) is 11.0 Å². The van der Waals surface area contributed by atoms with Crippen LogP contribution in [-0.2, 0) is 16.6 Å². The SMILES string of the molecule is CN(C)S(=O)(=O)c1cccc2ncn(CCO)c12. The quantitative estimate of drug-likeness (QED) is 0.865. The minimum Gasteiger partial charge on any atom is -0.395 e. The molecular weight excluding hydrogens is 254 g/mol. The summed E-state index contributed by atoms with van der Waals surface area (Å²) < 4.78 is 27.3. The molecule has 0 amide bonds. The van der Waals surface area contributed by atoms with Crippen molar-refractivity contribution in [1.29, 1.82) is 0 Å². The van der Waals surface area contributed by atoms with Crippen LogP contribution in [0.4, 0.5) is 0 Å². The first-order valence-corrected chi connectivity index (χ1v) is 6.89. The molecular formula is C11H15N3O3S. The number of aromatic nitrogens is 2. The maximum atomic E-state index is 12.2. The molecule has 1 N–H and O–H groups in total. The molecule has 1 aromatic carbocycles. The molecule has 0 radical (unpaired) electrons. The average molecular weight is 269 g/mol. The molecule has 7 heteroatoms. The van der Waals surface area contributed by atoms with E-state index in [0.717, 1.165) is 4.31 Å². The normalized spacial score (nSPS) is 12.4. The number of aliphatic hydroxyl groups is 1. The lowest BCUT2D eigenvalue weighted by Crippen LogP contribution is -2.23. The molecule has 0 atom stereocenters. The monoisotopic (exact) mass is 269 g/mol. The third kappa shape index (κ3) is 2.00. The van der Waals surface area contributed by atoms with Crippen molar-refractivity contribution in [2.75, 3.05) is 20.7 Å². The molecule has 18 heavy (non-hydrogen) atoms. The predicted octanol–water partition coefficient (Wildman–Crippen LogP) is 0.279. The summed E-state index contributed by atoms with van der Waals surface area (Å²) in [5.41, 5.74) is 1.13. The van der Waals surface area contributed by atoms with Gasteiger partial charge in [-0.05, 0) is 12.1 Å². The lowest BCUT2D eigenvalue weighted by molar-refractivity contribution is 0.277. The molecule has 1 aromatic heterocycles. The number of benzene rings is 1. The van der Waals surface area contributed by atoms with Crippen LogP contribution in [0.1, 0.15) is 0 Å². The van der Waals surface area contributed by atoms with Gasteiger partial charge in [0, 0.05) is 20.6 Å². The zero-order valence-electron chi connectivity index (χ0n) is 10.2. The highest BCUT2D eigenvalue weighted by atomic mass is 32.2. The number of sulfonamides is 1. The Kier molecular flexibility index (Phi) is 3.38. The summed E-state index contributed by atoms with van der Waals surface area (Å²) in [6, 6.07) is 4.96. The van der Waals surface area contributed by atoms with Gasteiger partial charge in [0.1, 0.15) is 4.90 Å². The number of nitrogens with zero attached hydrogens (tertiary/aromatic N) is 3. The summed E-state index contributed by atoms with van der Waals surface area (Å²) in [6.45, 7) is 0.248. The van der Waals surface area contributed by atoms with Crippen molar-refractivity contribution < 1.29 is 13.5 Å². The molecule has 0 fully saturated rings. The second kappa shape index (κ2) is 4.68. The molecule has 0 saturated carbocycles. The Morgan fingerprint density at radius 3 is 2.72 bits per heavy atom. The summed E-state index contributed by atoms with van der Waals surface area (Å²) in [6.07, 6.45) is 1.54. The number of hydrogen-bond acceptors (Lipinski definition) is 4. The van der Waals surface area contributed by atoms with Crippen molar-refractivity contribution in [2.24, 2.45) is 0 Å². The highest BCUT2D eigenvalue weighted by Gasteiger charge is 2.22.